The minimum Gasteiger partial charge on any atom is -0.479 e. The topological polar surface area (TPSA) is 133 Å². The first-order valence-electron chi connectivity index (χ1n) is 4.11. The maximum atomic E-state index is 10.6. The van der Waals surface area contributed by atoms with Crippen LogP contribution < -0.4 is 5.73 Å². The van der Waals surface area contributed by atoms with E-state index in [1.807, 2.05) is 0 Å². The summed E-state index contributed by atoms with van der Waals surface area (Å²) in [4.78, 5) is 10.6. The molecule has 5 atom stereocenters. The maximum absolute atomic E-state index is 10.6. The van der Waals surface area contributed by atoms with Crippen LogP contribution in [0.1, 0.15) is 0 Å². The summed E-state index contributed by atoms with van der Waals surface area (Å²) in [6.45, 7) is -0.130. The number of carboxylic acids is 1. The number of ether oxygens (including phenoxy) is 1. The summed E-state index contributed by atoms with van der Waals surface area (Å²) in [5.41, 5.74) is 5.19. The third-order valence-corrected chi connectivity index (χ3v) is 2.19. The van der Waals surface area contributed by atoms with Crippen LogP contribution in [0.3, 0.4) is 0 Å². The van der Waals surface area contributed by atoms with Crippen molar-refractivity contribution in [1.82, 2.24) is 0 Å². The van der Waals surface area contributed by atoms with Crippen molar-refractivity contribution in [3.05, 3.63) is 0 Å². The average molecular weight is 207 g/mol. The lowest BCUT2D eigenvalue weighted by Gasteiger charge is -2.38. The third kappa shape index (κ3) is 1.86. The van der Waals surface area contributed by atoms with Crippen LogP contribution in [0.4, 0.5) is 0 Å². The minimum absolute atomic E-state index is 0.130. The van der Waals surface area contributed by atoms with Crippen molar-refractivity contribution in [2.24, 2.45) is 5.73 Å². The number of hydrogen-bond donors (Lipinski definition) is 5. The fourth-order valence-electron chi connectivity index (χ4n) is 1.35. The molecule has 6 N–H and O–H groups in total. The molecule has 0 aliphatic carbocycles. The van der Waals surface area contributed by atoms with Gasteiger partial charge in [0.2, 0.25) is 0 Å². The monoisotopic (exact) mass is 207 g/mol. The molecule has 1 unspecified atom stereocenters. The highest BCUT2D eigenvalue weighted by Gasteiger charge is 2.46. The molecule has 0 amide bonds. The molecule has 1 fully saturated rings. The van der Waals surface area contributed by atoms with Gasteiger partial charge < -0.3 is 30.9 Å². The number of aliphatic hydroxyl groups excluding tert-OH is 3. The zero-order valence-electron chi connectivity index (χ0n) is 7.28. The van der Waals surface area contributed by atoms with Gasteiger partial charge >= 0.3 is 5.97 Å². The fourth-order valence-corrected chi connectivity index (χ4v) is 1.35. The molecule has 0 aromatic heterocycles. The van der Waals surface area contributed by atoms with Gasteiger partial charge in [-0.05, 0) is 0 Å². The summed E-state index contributed by atoms with van der Waals surface area (Å²) in [6.07, 6.45) is -7.11. The van der Waals surface area contributed by atoms with Gasteiger partial charge in [0.1, 0.15) is 18.3 Å². The molecule has 0 aromatic rings. The Morgan fingerprint density at radius 3 is 2.21 bits per heavy atom. The Labute approximate surface area is 79.7 Å². The second-order valence-corrected chi connectivity index (χ2v) is 3.14. The smallest absolute Gasteiger partial charge is 0.335 e. The van der Waals surface area contributed by atoms with E-state index in [1.165, 1.54) is 0 Å². The summed E-state index contributed by atoms with van der Waals surface area (Å²) >= 11 is 0. The lowest BCUT2D eigenvalue weighted by Crippen LogP contribution is -2.61. The van der Waals surface area contributed by atoms with Gasteiger partial charge in [-0.3, -0.25) is 0 Å². The molecular weight excluding hydrogens is 194 g/mol. The Bertz CT molecular complexity index is 220. The van der Waals surface area contributed by atoms with E-state index in [0.717, 1.165) is 0 Å². The van der Waals surface area contributed by atoms with Gasteiger partial charge in [-0.2, -0.15) is 0 Å². The Hall–Kier alpha value is -0.730. The van der Waals surface area contributed by atoms with E-state index in [0.29, 0.717) is 0 Å². The quantitative estimate of drug-likeness (QED) is 0.323. The molecule has 14 heavy (non-hydrogen) atoms. The predicted octanol–water partition coefficient (Wildman–Crippen LogP) is -3.12. The van der Waals surface area contributed by atoms with Crippen LogP contribution in [0.2, 0.25) is 0 Å². The van der Waals surface area contributed by atoms with Crippen LogP contribution in [-0.4, -0.2) is 63.5 Å². The van der Waals surface area contributed by atoms with E-state index >= 15 is 0 Å². The molecule has 0 bridgehead atoms. The van der Waals surface area contributed by atoms with Crippen molar-refractivity contribution in [3.8, 4) is 0 Å². The van der Waals surface area contributed by atoms with Crippen LogP contribution in [0.25, 0.3) is 0 Å². The zero-order valence-corrected chi connectivity index (χ0v) is 7.28. The molecule has 7 heteroatoms. The first-order valence-corrected chi connectivity index (χ1v) is 4.11. The summed E-state index contributed by atoms with van der Waals surface area (Å²) in [7, 11) is 0. The molecule has 1 aliphatic rings. The maximum Gasteiger partial charge on any atom is 0.335 e. The van der Waals surface area contributed by atoms with Crippen LogP contribution in [0.5, 0.6) is 0 Å². The molecule has 82 valence electrons. The first kappa shape index (κ1) is 11.3. The number of carbonyl (C=O) groups is 1. The number of aliphatic hydroxyl groups is 3. The van der Waals surface area contributed by atoms with Crippen molar-refractivity contribution in [2.75, 3.05) is 6.54 Å². The zero-order chi connectivity index (χ0) is 10.9. The molecule has 0 saturated carbocycles. The van der Waals surface area contributed by atoms with E-state index in [4.69, 9.17) is 15.6 Å². The second kappa shape index (κ2) is 4.20. The van der Waals surface area contributed by atoms with E-state index in [9.17, 15) is 20.1 Å². The van der Waals surface area contributed by atoms with Gasteiger partial charge in [0.15, 0.2) is 6.10 Å². The Morgan fingerprint density at radius 1 is 1.21 bits per heavy atom. The first-order chi connectivity index (χ1) is 6.49. The van der Waals surface area contributed by atoms with Gasteiger partial charge in [-0.1, -0.05) is 0 Å². The lowest BCUT2D eigenvalue weighted by molar-refractivity contribution is -0.225. The molecule has 1 saturated heterocycles. The van der Waals surface area contributed by atoms with Gasteiger partial charge in [0, 0.05) is 6.54 Å². The van der Waals surface area contributed by atoms with E-state index < -0.39 is 36.5 Å². The molecule has 7 nitrogen and oxygen atoms in total. The highest BCUT2D eigenvalue weighted by molar-refractivity contribution is 5.73. The van der Waals surface area contributed by atoms with E-state index in [-0.39, 0.29) is 6.54 Å². The van der Waals surface area contributed by atoms with Gasteiger partial charge in [-0.25, -0.2) is 4.79 Å². The predicted molar refractivity (Wildman–Crippen MR) is 43.4 cm³/mol. The van der Waals surface area contributed by atoms with Crippen molar-refractivity contribution in [1.29, 1.82) is 0 Å². The molecule has 0 spiro atoms. The Balaban J connectivity index is 2.78. The summed E-state index contributed by atoms with van der Waals surface area (Å²) in [5, 5.41) is 36.4. The number of nitrogens with two attached hydrogens (primary N) is 1. The number of carboxylic acid groups (broad SMARTS) is 1. The Kier molecular flexibility index (Phi) is 3.40. The van der Waals surface area contributed by atoms with Crippen molar-refractivity contribution in [2.45, 2.75) is 30.5 Å². The van der Waals surface area contributed by atoms with Gasteiger partial charge in [0.25, 0.3) is 0 Å². The molecule has 1 rings (SSSR count). The largest absolute Gasteiger partial charge is 0.479 e. The third-order valence-electron chi connectivity index (χ3n) is 2.19. The van der Waals surface area contributed by atoms with Gasteiger partial charge in [-0.15, -0.1) is 0 Å². The van der Waals surface area contributed by atoms with Crippen LogP contribution in [-0.2, 0) is 9.53 Å². The molecule has 1 aliphatic heterocycles. The number of rotatable bonds is 2. The van der Waals surface area contributed by atoms with Crippen LogP contribution in [0, 0.1) is 0 Å². The number of hydrogen-bond acceptors (Lipinski definition) is 6. The molecule has 0 radical (unpaired) electrons. The highest BCUT2D eigenvalue weighted by Crippen LogP contribution is 2.20. The molecular formula is C7H13NO6. The summed E-state index contributed by atoms with van der Waals surface area (Å²) in [6, 6.07) is 0. The fraction of sp³-hybridized carbons (Fsp3) is 0.857. The van der Waals surface area contributed by atoms with Crippen molar-refractivity contribution < 1.29 is 30.0 Å². The minimum atomic E-state index is -1.65. The second-order valence-electron chi connectivity index (χ2n) is 3.14. The van der Waals surface area contributed by atoms with E-state index in [2.05, 4.69) is 0 Å². The van der Waals surface area contributed by atoms with E-state index in [1.54, 1.807) is 0 Å². The van der Waals surface area contributed by atoms with Crippen LogP contribution in [0.15, 0.2) is 0 Å². The lowest BCUT2D eigenvalue weighted by atomic mass is 9.95. The standard InChI is InChI=1S/C7H13NO6/c8-1-2-3(9)4(10)5(11)6(14-2)7(12)13/h2-6,9-11H,1,8H2,(H,12,13)/t2-,3+,4?,5+,6+/m1/s1. The molecule has 0 aromatic carbocycles. The summed E-state index contributed by atoms with van der Waals surface area (Å²) in [5.74, 6) is -1.40. The van der Waals surface area contributed by atoms with Crippen molar-refractivity contribution >= 4 is 5.97 Å². The average Bonchev–Trinajstić information content (AvgIpc) is 2.14. The highest BCUT2D eigenvalue weighted by atomic mass is 16.6. The Morgan fingerprint density at radius 2 is 1.79 bits per heavy atom. The SMILES string of the molecule is NC[C@H]1O[C@H](C(=O)O)[C@@H](O)C(O)[C@H]1O. The van der Waals surface area contributed by atoms with Crippen molar-refractivity contribution in [3.63, 3.8) is 0 Å². The normalized spacial score (nSPS) is 43.6. The summed E-state index contributed by atoms with van der Waals surface area (Å²) < 4.78 is 4.81. The van der Waals surface area contributed by atoms with Gasteiger partial charge in [0.05, 0.1) is 6.10 Å². The van der Waals surface area contributed by atoms with Crippen LogP contribution >= 0.6 is 0 Å². The number of aliphatic carboxylic acids is 1. The molecule has 1 heterocycles.